The van der Waals surface area contributed by atoms with Crippen LogP contribution in [0.15, 0.2) is 24.3 Å². The van der Waals surface area contributed by atoms with Crippen molar-refractivity contribution < 1.29 is 0 Å². The summed E-state index contributed by atoms with van der Waals surface area (Å²) in [4.78, 5) is 0. The number of benzene rings is 1. The maximum atomic E-state index is 5.22. The largest absolute Gasteiger partial charge is 0.365 e. The minimum atomic E-state index is 0.808. The molecule has 1 nitrogen and oxygen atoms in total. The molecule has 0 aliphatic rings. The Kier molecular flexibility index (Phi) is 4.69. The second-order valence-corrected chi connectivity index (χ2v) is 3.11. The molecule has 1 aromatic rings. The van der Waals surface area contributed by atoms with E-state index >= 15 is 0 Å². The topological polar surface area (TPSA) is 12.0 Å². The lowest BCUT2D eigenvalue weighted by Crippen LogP contribution is -2.18. The first kappa shape index (κ1) is 10.4. The van der Waals surface area contributed by atoms with Gasteiger partial charge in [-0.05, 0) is 17.5 Å². The zero-order valence-electron chi connectivity index (χ0n) is 8.09. The van der Waals surface area contributed by atoms with Gasteiger partial charge in [0.2, 0.25) is 0 Å². The second-order valence-electron chi connectivity index (χ2n) is 3.11. The van der Waals surface area contributed by atoms with Gasteiger partial charge in [-0.25, -0.2) is 0 Å². The fourth-order valence-electron chi connectivity index (χ4n) is 1.29. The summed E-state index contributed by atoms with van der Waals surface area (Å²) in [7, 11) is 6.69. The molecule has 0 heterocycles. The van der Waals surface area contributed by atoms with E-state index in [4.69, 9.17) is 7.74 Å². The predicted octanol–water partition coefficient (Wildman–Crippen LogP) is 1.43. The third-order valence-electron chi connectivity index (χ3n) is 1.99. The van der Waals surface area contributed by atoms with E-state index in [0.29, 0.717) is 0 Å². The Hall–Kier alpha value is -0.690. The van der Waals surface area contributed by atoms with E-state index in [-0.39, 0.29) is 0 Å². The van der Waals surface area contributed by atoms with E-state index in [9.17, 15) is 0 Å². The summed E-state index contributed by atoms with van der Waals surface area (Å²) in [5.74, 6) is 0. The van der Waals surface area contributed by atoms with E-state index in [1.165, 1.54) is 24.9 Å². The van der Waals surface area contributed by atoms with Gasteiger partial charge in [-0.2, -0.15) is 0 Å². The first-order valence-corrected chi connectivity index (χ1v) is 4.71. The molecule has 0 aliphatic carbocycles. The SMILES string of the molecule is [B][B]NCc1ccc(CCC)cc1. The smallest absolute Gasteiger partial charge is 0.144 e. The van der Waals surface area contributed by atoms with Crippen LogP contribution in [0.3, 0.4) is 0 Å². The molecule has 65 valence electrons. The van der Waals surface area contributed by atoms with Gasteiger partial charge in [0.1, 0.15) is 7.31 Å². The summed E-state index contributed by atoms with van der Waals surface area (Å²) in [5, 5.41) is 2.97. The molecule has 1 aromatic carbocycles. The third-order valence-corrected chi connectivity index (χ3v) is 1.99. The van der Waals surface area contributed by atoms with Crippen molar-refractivity contribution in [2.75, 3.05) is 0 Å². The van der Waals surface area contributed by atoms with Gasteiger partial charge in [0, 0.05) is 14.3 Å². The lowest BCUT2D eigenvalue weighted by atomic mass is 9.67. The van der Waals surface area contributed by atoms with Gasteiger partial charge >= 0.3 is 0 Å². The van der Waals surface area contributed by atoms with Gasteiger partial charge in [0.05, 0.1) is 0 Å². The zero-order valence-corrected chi connectivity index (χ0v) is 8.09. The van der Waals surface area contributed by atoms with Crippen LogP contribution in [-0.4, -0.2) is 15.0 Å². The summed E-state index contributed by atoms with van der Waals surface area (Å²) in [6.07, 6.45) is 2.37. The van der Waals surface area contributed by atoms with Crippen LogP contribution in [0.1, 0.15) is 24.5 Å². The predicted molar refractivity (Wildman–Crippen MR) is 58.8 cm³/mol. The normalized spacial score (nSPS) is 9.92. The number of hydrogen-bond donors (Lipinski definition) is 1. The van der Waals surface area contributed by atoms with Gasteiger partial charge in [-0.15, -0.1) is 0 Å². The van der Waals surface area contributed by atoms with Crippen LogP contribution in [0.4, 0.5) is 0 Å². The standard InChI is InChI=1S/C10H14B2N/c1-2-3-9-4-6-10(7-5-9)8-13-12-11/h4-7,13H,2-3,8H2,1H3. The lowest BCUT2D eigenvalue weighted by molar-refractivity contribution is 0.913. The van der Waals surface area contributed by atoms with Crippen molar-refractivity contribution in [1.29, 1.82) is 0 Å². The first-order chi connectivity index (χ1) is 6.36. The molecule has 0 unspecified atom stereocenters. The number of nitrogens with one attached hydrogen (secondary N) is 1. The zero-order chi connectivity index (χ0) is 9.52. The molecule has 3 heteroatoms. The quantitative estimate of drug-likeness (QED) is 0.658. The summed E-state index contributed by atoms with van der Waals surface area (Å²) >= 11 is 0. The van der Waals surface area contributed by atoms with Crippen LogP contribution in [0.2, 0.25) is 0 Å². The number of hydrogen-bond acceptors (Lipinski definition) is 1. The highest BCUT2D eigenvalue weighted by Gasteiger charge is 1.92. The van der Waals surface area contributed by atoms with Crippen LogP contribution in [0.5, 0.6) is 0 Å². The van der Waals surface area contributed by atoms with Crippen molar-refractivity contribution in [1.82, 2.24) is 5.23 Å². The van der Waals surface area contributed by atoms with Crippen molar-refractivity contribution in [3.8, 4) is 0 Å². The molecule has 0 bridgehead atoms. The van der Waals surface area contributed by atoms with Gasteiger partial charge in [-0.1, -0.05) is 37.6 Å². The molecule has 0 aromatic heterocycles. The van der Waals surface area contributed by atoms with Crippen LogP contribution in [0.25, 0.3) is 0 Å². The fourth-order valence-corrected chi connectivity index (χ4v) is 1.29. The summed E-state index contributed by atoms with van der Waals surface area (Å²) in [6.45, 7) is 3.00. The van der Waals surface area contributed by atoms with Gasteiger partial charge in [-0.3, -0.25) is 0 Å². The average molecular weight is 170 g/mol. The Labute approximate surface area is 82.6 Å². The molecule has 0 amide bonds. The van der Waals surface area contributed by atoms with Crippen LogP contribution in [0, 0.1) is 0 Å². The molecule has 0 aliphatic heterocycles. The van der Waals surface area contributed by atoms with E-state index in [2.05, 4.69) is 36.4 Å². The Morgan fingerprint density at radius 3 is 2.38 bits per heavy atom. The number of rotatable bonds is 5. The molecule has 0 spiro atoms. The maximum absolute atomic E-state index is 5.22. The third kappa shape index (κ3) is 3.69. The minimum Gasteiger partial charge on any atom is -0.365 e. The van der Waals surface area contributed by atoms with Crippen molar-refractivity contribution in [2.24, 2.45) is 0 Å². The molecule has 13 heavy (non-hydrogen) atoms. The molecule has 3 radical (unpaired) electrons. The lowest BCUT2D eigenvalue weighted by Gasteiger charge is -2.03. The highest BCUT2D eigenvalue weighted by Crippen LogP contribution is 2.06. The van der Waals surface area contributed by atoms with Crippen molar-refractivity contribution in [3.05, 3.63) is 35.4 Å². The Bertz CT molecular complexity index is 233. The van der Waals surface area contributed by atoms with E-state index in [0.717, 1.165) is 13.0 Å². The van der Waals surface area contributed by atoms with E-state index < -0.39 is 0 Å². The van der Waals surface area contributed by atoms with Gasteiger partial charge in [0.15, 0.2) is 0 Å². The summed E-state index contributed by atoms with van der Waals surface area (Å²) < 4.78 is 0. The van der Waals surface area contributed by atoms with Crippen molar-refractivity contribution in [3.63, 3.8) is 0 Å². The van der Waals surface area contributed by atoms with Crippen molar-refractivity contribution in [2.45, 2.75) is 26.3 Å². The van der Waals surface area contributed by atoms with E-state index in [1.54, 1.807) is 0 Å². The molecular formula is C10H14B2N. The molecule has 0 saturated carbocycles. The van der Waals surface area contributed by atoms with Crippen LogP contribution < -0.4 is 5.23 Å². The van der Waals surface area contributed by atoms with Gasteiger partial charge < -0.3 is 5.23 Å². The fraction of sp³-hybridized carbons (Fsp3) is 0.400. The van der Waals surface area contributed by atoms with Crippen molar-refractivity contribution >= 4 is 15.0 Å². The summed E-state index contributed by atoms with van der Waals surface area (Å²) in [5.41, 5.74) is 2.67. The first-order valence-electron chi connectivity index (χ1n) is 4.71. The Morgan fingerprint density at radius 1 is 1.23 bits per heavy atom. The minimum absolute atomic E-state index is 0.808. The highest BCUT2D eigenvalue weighted by atomic mass is 14.7. The Balaban J connectivity index is 2.48. The molecule has 0 fully saturated rings. The number of aryl methyl sites for hydroxylation is 1. The highest BCUT2D eigenvalue weighted by molar-refractivity contribution is 6.87. The molecular weight excluding hydrogens is 156 g/mol. The monoisotopic (exact) mass is 170 g/mol. The van der Waals surface area contributed by atoms with Crippen LogP contribution >= 0.6 is 0 Å². The van der Waals surface area contributed by atoms with Gasteiger partial charge in [0.25, 0.3) is 0 Å². The second kappa shape index (κ2) is 5.87. The Morgan fingerprint density at radius 2 is 1.85 bits per heavy atom. The summed E-state index contributed by atoms with van der Waals surface area (Å²) in [6, 6.07) is 8.64. The van der Waals surface area contributed by atoms with E-state index in [1.807, 2.05) is 0 Å². The average Bonchev–Trinajstić information content (AvgIpc) is 2.17. The maximum Gasteiger partial charge on any atom is 0.144 e. The van der Waals surface area contributed by atoms with Crippen LogP contribution in [-0.2, 0) is 13.0 Å². The molecule has 1 rings (SSSR count). The molecule has 1 N–H and O–H groups in total. The molecule has 0 atom stereocenters. The molecule has 0 saturated heterocycles.